The molecule has 1 aliphatic heterocycles. The third-order valence-corrected chi connectivity index (χ3v) is 7.57. The van der Waals surface area contributed by atoms with E-state index in [4.69, 9.17) is 5.26 Å². The zero-order valence-corrected chi connectivity index (χ0v) is 16.0. The van der Waals surface area contributed by atoms with Crippen molar-refractivity contribution in [1.82, 2.24) is 4.90 Å². The fourth-order valence-corrected chi connectivity index (χ4v) is 4.35. The minimum absolute atomic E-state index is 0.0573. The number of carbonyl (C=O) groups is 1. The first-order valence-electron chi connectivity index (χ1n) is 8.61. The maximum Gasteiger partial charge on any atom is 0.226 e. The summed E-state index contributed by atoms with van der Waals surface area (Å²) >= 11 is 0. The molecule has 0 saturated carbocycles. The minimum atomic E-state index is -3.12. The predicted octanol–water partition coefficient (Wildman–Crippen LogP) is 2.55. The van der Waals surface area contributed by atoms with Crippen molar-refractivity contribution in [2.45, 2.75) is 44.8 Å². The topological polar surface area (TPSA) is 78.2 Å². The Morgan fingerprint density at radius 1 is 1.20 bits per heavy atom. The Morgan fingerprint density at radius 2 is 1.76 bits per heavy atom. The van der Waals surface area contributed by atoms with E-state index in [2.05, 4.69) is 6.07 Å². The highest BCUT2D eigenvalue weighted by atomic mass is 32.2. The second-order valence-electron chi connectivity index (χ2n) is 7.70. The molecule has 25 heavy (non-hydrogen) atoms. The Morgan fingerprint density at radius 3 is 2.24 bits per heavy atom. The maximum absolute atomic E-state index is 12.4. The van der Waals surface area contributed by atoms with Crippen LogP contribution in [0.25, 0.3) is 0 Å². The Kier molecular flexibility index (Phi) is 5.89. The predicted molar refractivity (Wildman–Crippen MR) is 97.7 cm³/mol. The second kappa shape index (κ2) is 7.57. The van der Waals surface area contributed by atoms with E-state index < -0.39 is 14.6 Å². The van der Waals surface area contributed by atoms with Gasteiger partial charge in [0.25, 0.3) is 0 Å². The van der Waals surface area contributed by atoms with Gasteiger partial charge in [0.2, 0.25) is 5.91 Å². The van der Waals surface area contributed by atoms with Crippen LogP contribution in [-0.4, -0.2) is 42.8 Å². The first kappa shape index (κ1) is 19.5. The summed E-state index contributed by atoms with van der Waals surface area (Å²) in [6.45, 7) is 6.43. The molecule has 0 atom stereocenters. The maximum atomic E-state index is 12.4. The number of sulfone groups is 1. The molecule has 0 bridgehead atoms. The van der Waals surface area contributed by atoms with Gasteiger partial charge >= 0.3 is 0 Å². The fourth-order valence-electron chi connectivity index (χ4n) is 2.89. The van der Waals surface area contributed by atoms with Crippen LogP contribution in [0.1, 0.15) is 44.7 Å². The number of nitriles is 1. The lowest BCUT2D eigenvalue weighted by Gasteiger charge is -2.33. The van der Waals surface area contributed by atoms with Crippen molar-refractivity contribution in [3.05, 3.63) is 35.4 Å². The Balaban J connectivity index is 1.87. The van der Waals surface area contributed by atoms with Gasteiger partial charge < -0.3 is 4.90 Å². The number of hydrogen-bond donors (Lipinski definition) is 0. The van der Waals surface area contributed by atoms with E-state index in [0.717, 1.165) is 18.4 Å². The minimum Gasteiger partial charge on any atom is -0.342 e. The molecule has 1 aromatic carbocycles. The van der Waals surface area contributed by atoms with Crippen LogP contribution in [0.2, 0.25) is 0 Å². The average Bonchev–Trinajstić information content (AvgIpc) is 2.55. The summed E-state index contributed by atoms with van der Waals surface area (Å²) in [5, 5.41) is 8.80. The van der Waals surface area contributed by atoms with Crippen molar-refractivity contribution in [3.8, 4) is 6.07 Å². The molecule has 0 unspecified atom stereocenters. The molecule has 0 aliphatic carbocycles. The van der Waals surface area contributed by atoms with Gasteiger partial charge in [-0.3, -0.25) is 4.79 Å². The van der Waals surface area contributed by atoms with Crippen LogP contribution in [0.15, 0.2) is 24.3 Å². The smallest absolute Gasteiger partial charge is 0.226 e. The lowest BCUT2D eigenvalue weighted by molar-refractivity contribution is -0.131. The highest BCUT2D eigenvalue weighted by Gasteiger charge is 2.33. The first-order chi connectivity index (χ1) is 11.6. The Labute approximate surface area is 150 Å². The number of carbonyl (C=O) groups excluding carboxylic acids is 1. The largest absolute Gasteiger partial charge is 0.342 e. The summed E-state index contributed by atoms with van der Waals surface area (Å²) < 4.78 is 23.9. The quantitative estimate of drug-likeness (QED) is 0.824. The van der Waals surface area contributed by atoms with Gasteiger partial charge in [0.05, 0.1) is 28.6 Å². The molecule has 1 aliphatic rings. The molecule has 1 heterocycles. The van der Waals surface area contributed by atoms with Gasteiger partial charge in [-0.05, 0) is 57.2 Å². The number of nitrogens with zero attached hydrogens (tertiary/aromatic N) is 2. The van der Waals surface area contributed by atoms with E-state index in [-0.39, 0.29) is 17.6 Å². The van der Waals surface area contributed by atoms with E-state index in [0.29, 0.717) is 25.1 Å². The summed E-state index contributed by atoms with van der Waals surface area (Å²) in [5.74, 6) is 0.388. The number of benzene rings is 1. The van der Waals surface area contributed by atoms with Crippen LogP contribution in [0.3, 0.4) is 0 Å². The SMILES string of the molecule is CC(C)(C)S(=O)(=O)CC1CCN(C(=O)Cc2ccc(C#N)cc2)CC1. The standard InChI is InChI=1S/C19H26N2O3S/c1-19(2,3)25(23,24)14-17-8-10-21(11-9-17)18(22)12-15-4-6-16(13-20)7-5-15/h4-7,17H,8-12,14H2,1-3H3. The van der Waals surface area contributed by atoms with Gasteiger partial charge in [-0.25, -0.2) is 8.42 Å². The van der Waals surface area contributed by atoms with Crippen LogP contribution < -0.4 is 0 Å². The average molecular weight is 362 g/mol. The monoisotopic (exact) mass is 362 g/mol. The number of piperidine rings is 1. The van der Waals surface area contributed by atoms with Crippen LogP contribution >= 0.6 is 0 Å². The summed E-state index contributed by atoms with van der Waals surface area (Å²) in [4.78, 5) is 14.2. The van der Waals surface area contributed by atoms with Gasteiger partial charge in [0.15, 0.2) is 9.84 Å². The van der Waals surface area contributed by atoms with E-state index in [1.807, 2.05) is 4.90 Å². The van der Waals surface area contributed by atoms with E-state index in [1.165, 1.54) is 0 Å². The number of likely N-dealkylation sites (tertiary alicyclic amines) is 1. The van der Waals surface area contributed by atoms with E-state index in [9.17, 15) is 13.2 Å². The molecular formula is C19H26N2O3S. The molecule has 5 nitrogen and oxygen atoms in total. The van der Waals surface area contributed by atoms with Crippen LogP contribution in [0, 0.1) is 17.2 Å². The number of rotatable bonds is 4. The molecule has 2 rings (SSSR count). The van der Waals surface area contributed by atoms with Crippen LogP contribution in [0.4, 0.5) is 0 Å². The van der Waals surface area contributed by atoms with Crippen molar-refractivity contribution >= 4 is 15.7 Å². The van der Waals surface area contributed by atoms with Crippen LogP contribution in [0.5, 0.6) is 0 Å². The fraction of sp³-hybridized carbons (Fsp3) is 0.579. The molecule has 1 amide bonds. The summed E-state index contributed by atoms with van der Waals surface area (Å²) in [6, 6.07) is 9.10. The molecule has 6 heteroatoms. The van der Waals surface area contributed by atoms with Gasteiger partial charge in [-0.1, -0.05) is 12.1 Å². The van der Waals surface area contributed by atoms with Gasteiger partial charge in [-0.15, -0.1) is 0 Å². The third-order valence-electron chi connectivity index (χ3n) is 4.79. The Hall–Kier alpha value is -1.87. The van der Waals surface area contributed by atoms with E-state index >= 15 is 0 Å². The molecule has 0 radical (unpaired) electrons. The first-order valence-corrected chi connectivity index (χ1v) is 10.3. The molecule has 136 valence electrons. The molecule has 1 fully saturated rings. The normalized spacial score (nSPS) is 16.5. The van der Waals surface area contributed by atoms with Gasteiger partial charge in [-0.2, -0.15) is 5.26 Å². The molecule has 0 spiro atoms. The van der Waals surface area contributed by atoms with E-state index in [1.54, 1.807) is 45.0 Å². The molecule has 0 aromatic heterocycles. The van der Waals surface area contributed by atoms with Crippen LogP contribution in [-0.2, 0) is 21.1 Å². The van der Waals surface area contributed by atoms with Crippen molar-refractivity contribution in [2.75, 3.05) is 18.8 Å². The zero-order chi connectivity index (χ0) is 18.7. The molecule has 1 saturated heterocycles. The summed E-state index contributed by atoms with van der Waals surface area (Å²) in [5.41, 5.74) is 1.47. The molecular weight excluding hydrogens is 336 g/mol. The van der Waals surface area contributed by atoms with Crippen molar-refractivity contribution < 1.29 is 13.2 Å². The van der Waals surface area contributed by atoms with Gasteiger partial charge in [0.1, 0.15) is 0 Å². The lowest BCUT2D eigenvalue weighted by atomic mass is 9.98. The molecule has 0 N–H and O–H groups in total. The highest BCUT2D eigenvalue weighted by molar-refractivity contribution is 7.92. The highest BCUT2D eigenvalue weighted by Crippen LogP contribution is 2.25. The summed E-state index contributed by atoms with van der Waals surface area (Å²) in [6.07, 6.45) is 1.78. The van der Waals surface area contributed by atoms with Crippen molar-refractivity contribution in [1.29, 1.82) is 5.26 Å². The van der Waals surface area contributed by atoms with Crippen molar-refractivity contribution in [3.63, 3.8) is 0 Å². The summed E-state index contributed by atoms with van der Waals surface area (Å²) in [7, 11) is -3.12. The molecule has 1 aromatic rings. The number of amides is 1. The number of hydrogen-bond acceptors (Lipinski definition) is 4. The third kappa shape index (κ3) is 5.05. The second-order valence-corrected chi connectivity index (χ2v) is 10.5. The van der Waals surface area contributed by atoms with Gasteiger partial charge in [0, 0.05) is 13.1 Å². The Bertz CT molecular complexity index is 747. The lowest BCUT2D eigenvalue weighted by Crippen LogP contribution is -2.42. The zero-order valence-electron chi connectivity index (χ0n) is 15.2. The van der Waals surface area contributed by atoms with Crippen molar-refractivity contribution in [2.24, 2.45) is 5.92 Å².